The van der Waals surface area contributed by atoms with Crippen molar-refractivity contribution in [3.8, 4) is 17.0 Å². The molecule has 5 N–H and O–H groups in total. The molecule has 3 rings (SSSR count). The van der Waals surface area contributed by atoms with Crippen molar-refractivity contribution in [1.29, 1.82) is 0 Å². The molecule has 2 aromatic heterocycles. The second kappa shape index (κ2) is 5.82. The predicted molar refractivity (Wildman–Crippen MR) is 86.2 cm³/mol. The van der Waals surface area contributed by atoms with Crippen LogP contribution in [0, 0.1) is 0 Å². The Morgan fingerprint density at radius 3 is 2.64 bits per heavy atom. The molecule has 0 bridgehead atoms. The first-order valence-corrected chi connectivity index (χ1v) is 6.84. The normalized spacial score (nSPS) is 10.6. The van der Waals surface area contributed by atoms with Crippen molar-refractivity contribution < 1.29 is 4.74 Å². The molecule has 7 heteroatoms. The van der Waals surface area contributed by atoms with Crippen LogP contribution in [0.1, 0.15) is 6.92 Å². The number of aromatic nitrogens is 3. The van der Waals surface area contributed by atoms with Crippen LogP contribution in [0.15, 0.2) is 36.5 Å². The molecule has 0 fully saturated rings. The molecule has 7 nitrogen and oxygen atoms in total. The van der Waals surface area contributed by atoms with E-state index in [2.05, 4.69) is 20.4 Å². The van der Waals surface area contributed by atoms with Crippen molar-refractivity contribution >= 4 is 22.7 Å². The van der Waals surface area contributed by atoms with Gasteiger partial charge in [-0.3, -0.25) is 0 Å². The van der Waals surface area contributed by atoms with E-state index in [0.717, 1.165) is 22.0 Å². The zero-order chi connectivity index (χ0) is 15.5. The van der Waals surface area contributed by atoms with Gasteiger partial charge in [-0.05, 0) is 30.7 Å². The monoisotopic (exact) mass is 296 g/mol. The number of hydrogen-bond donors (Lipinski definition) is 3. The number of nitrogens with one attached hydrogen (secondary N) is 1. The van der Waals surface area contributed by atoms with E-state index in [1.165, 1.54) is 0 Å². The molecular formula is C15H16N6O. The molecule has 0 saturated carbocycles. The number of benzene rings is 1. The third-order valence-corrected chi connectivity index (χ3v) is 3.21. The van der Waals surface area contributed by atoms with Gasteiger partial charge in [0.1, 0.15) is 0 Å². The molecular weight excluding hydrogens is 280 g/mol. The van der Waals surface area contributed by atoms with Crippen LogP contribution in [0.5, 0.6) is 5.88 Å². The summed E-state index contributed by atoms with van der Waals surface area (Å²) >= 11 is 0. The van der Waals surface area contributed by atoms with Crippen LogP contribution in [-0.4, -0.2) is 21.6 Å². The minimum atomic E-state index is 0.177. The molecule has 0 atom stereocenters. The molecule has 1 aromatic carbocycles. The number of pyridine rings is 1. The van der Waals surface area contributed by atoms with E-state index in [0.29, 0.717) is 18.3 Å². The lowest BCUT2D eigenvalue weighted by Crippen LogP contribution is -2.11. The fourth-order valence-electron chi connectivity index (χ4n) is 2.22. The summed E-state index contributed by atoms with van der Waals surface area (Å²) in [6.45, 7) is 2.51. The van der Waals surface area contributed by atoms with E-state index in [9.17, 15) is 0 Å². The van der Waals surface area contributed by atoms with E-state index in [1.54, 1.807) is 6.20 Å². The number of rotatable bonds is 4. The van der Waals surface area contributed by atoms with Gasteiger partial charge in [-0.25, -0.2) is 15.8 Å². The van der Waals surface area contributed by atoms with E-state index < -0.39 is 0 Å². The molecule has 22 heavy (non-hydrogen) atoms. The number of nitrogens with zero attached hydrogens (tertiary/aromatic N) is 3. The maximum atomic E-state index is 5.65. The number of fused-ring (bicyclic) bond motifs is 1. The highest BCUT2D eigenvalue weighted by atomic mass is 16.5. The molecule has 0 saturated heterocycles. The third kappa shape index (κ3) is 2.61. The van der Waals surface area contributed by atoms with Crippen LogP contribution in [0.2, 0.25) is 0 Å². The topological polar surface area (TPSA) is 112 Å². The van der Waals surface area contributed by atoms with Gasteiger partial charge in [-0.2, -0.15) is 4.98 Å². The molecule has 0 aliphatic rings. The summed E-state index contributed by atoms with van der Waals surface area (Å²) in [7, 11) is 0. The standard InChI is InChI=1S/C15H16N6O/c1-2-22-13-6-4-10(8-18-13)9-3-5-12-11(7-9)14(21-17)20-15(16)19-12/h3-8H,2,17H2,1H3,(H3,16,19,20,21). The van der Waals surface area contributed by atoms with E-state index >= 15 is 0 Å². The van der Waals surface area contributed by atoms with Crippen molar-refractivity contribution in [2.75, 3.05) is 17.8 Å². The Hall–Kier alpha value is -2.93. The molecule has 112 valence electrons. The largest absolute Gasteiger partial charge is 0.478 e. The lowest BCUT2D eigenvalue weighted by atomic mass is 10.1. The molecule has 2 heterocycles. The SMILES string of the molecule is CCOc1ccc(-c2ccc3nc(N)nc(NN)c3c2)cn1. The van der Waals surface area contributed by atoms with Crippen LogP contribution in [0.3, 0.4) is 0 Å². The van der Waals surface area contributed by atoms with Gasteiger partial charge in [0.15, 0.2) is 5.82 Å². The van der Waals surface area contributed by atoms with Crippen molar-refractivity contribution in [1.82, 2.24) is 15.0 Å². The first-order valence-electron chi connectivity index (χ1n) is 6.84. The summed E-state index contributed by atoms with van der Waals surface area (Å²) in [5.41, 5.74) is 10.9. The first kappa shape index (κ1) is 14.0. The van der Waals surface area contributed by atoms with Crippen molar-refractivity contribution in [2.24, 2.45) is 5.84 Å². The molecule has 0 aliphatic heterocycles. The Morgan fingerprint density at radius 1 is 1.14 bits per heavy atom. The van der Waals surface area contributed by atoms with Crippen LogP contribution in [0.4, 0.5) is 11.8 Å². The number of hydrazine groups is 1. The number of nitrogens with two attached hydrogens (primary N) is 2. The summed E-state index contributed by atoms with van der Waals surface area (Å²) in [5, 5.41) is 0.795. The highest BCUT2D eigenvalue weighted by Gasteiger charge is 2.08. The zero-order valence-electron chi connectivity index (χ0n) is 12.1. The van der Waals surface area contributed by atoms with Crippen LogP contribution in [0.25, 0.3) is 22.0 Å². The molecule has 0 spiro atoms. The molecule has 0 amide bonds. The first-order chi connectivity index (χ1) is 10.7. The smallest absolute Gasteiger partial charge is 0.222 e. The second-order valence-corrected chi connectivity index (χ2v) is 4.62. The molecule has 0 radical (unpaired) electrons. The van der Waals surface area contributed by atoms with Gasteiger partial charge in [0.25, 0.3) is 0 Å². The summed E-state index contributed by atoms with van der Waals surface area (Å²) < 4.78 is 5.35. The molecule has 0 unspecified atom stereocenters. The maximum absolute atomic E-state index is 5.65. The van der Waals surface area contributed by atoms with Gasteiger partial charge in [-0.15, -0.1) is 0 Å². The van der Waals surface area contributed by atoms with Crippen LogP contribution < -0.4 is 21.7 Å². The maximum Gasteiger partial charge on any atom is 0.222 e. The number of ether oxygens (including phenoxy) is 1. The fourth-order valence-corrected chi connectivity index (χ4v) is 2.22. The average Bonchev–Trinajstić information content (AvgIpc) is 2.54. The van der Waals surface area contributed by atoms with Crippen molar-refractivity contribution in [2.45, 2.75) is 6.92 Å². The van der Waals surface area contributed by atoms with Gasteiger partial charge in [0.2, 0.25) is 11.8 Å². The van der Waals surface area contributed by atoms with Gasteiger partial charge in [-0.1, -0.05) is 6.07 Å². The van der Waals surface area contributed by atoms with Crippen LogP contribution in [-0.2, 0) is 0 Å². The van der Waals surface area contributed by atoms with E-state index in [4.69, 9.17) is 16.3 Å². The van der Waals surface area contributed by atoms with Gasteiger partial charge >= 0.3 is 0 Å². The molecule has 0 aliphatic carbocycles. The van der Waals surface area contributed by atoms with E-state index in [1.807, 2.05) is 37.3 Å². The number of hydrogen-bond acceptors (Lipinski definition) is 7. The van der Waals surface area contributed by atoms with Crippen molar-refractivity contribution in [3.63, 3.8) is 0 Å². The fraction of sp³-hybridized carbons (Fsp3) is 0.133. The quantitative estimate of drug-likeness (QED) is 0.498. The van der Waals surface area contributed by atoms with Gasteiger partial charge < -0.3 is 15.9 Å². The van der Waals surface area contributed by atoms with Gasteiger partial charge in [0, 0.05) is 23.2 Å². The minimum Gasteiger partial charge on any atom is -0.478 e. The highest BCUT2D eigenvalue weighted by Crippen LogP contribution is 2.27. The second-order valence-electron chi connectivity index (χ2n) is 4.62. The lowest BCUT2D eigenvalue weighted by molar-refractivity contribution is 0.327. The average molecular weight is 296 g/mol. The summed E-state index contributed by atoms with van der Waals surface area (Å²) in [6.07, 6.45) is 1.76. The Morgan fingerprint density at radius 2 is 1.95 bits per heavy atom. The summed E-state index contributed by atoms with van der Waals surface area (Å²) in [6, 6.07) is 9.56. The van der Waals surface area contributed by atoms with Crippen molar-refractivity contribution in [3.05, 3.63) is 36.5 Å². The van der Waals surface area contributed by atoms with E-state index in [-0.39, 0.29) is 5.95 Å². The minimum absolute atomic E-state index is 0.177. The highest BCUT2D eigenvalue weighted by molar-refractivity contribution is 5.93. The Balaban J connectivity index is 2.06. The Bertz CT molecular complexity index is 803. The van der Waals surface area contributed by atoms with Crippen LogP contribution >= 0.6 is 0 Å². The Kier molecular flexibility index (Phi) is 3.71. The zero-order valence-corrected chi connectivity index (χ0v) is 12.1. The van der Waals surface area contributed by atoms with Gasteiger partial charge in [0.05, 0.1) is 12.1 Å². The Labute approximate surface area is 127 Å². The summed E-state index contributed by atoms with van der Waals surface area (Å²) in [5.74, 6) is 6.77. The number of anilines is 2. The lowest BCUT2D eigenvalue weighted by Gasteiger charge is -2.08. The third-order valence-electron chi connectivity index (χ3n) is 3.21. The predicted octanol–water partition coefficient (Wildman–Crippen LogP) is 1.96. The molecule has 3 aromatic rings. The summed E-state index contributed by atoms with van der Waals surface area (Å²) in [4.78, 5) is 12.5. The number of nitrogen functional groups attached to an aromatic ring is 2.